The lowest BCUT2D eigenvalue weighted by atomic mass is 10.2. The van der Waals surface area contributed by atoms with Gasteiger partial charge in [0.25, 0.3) is 0 Å². The van der Waals surface area contributed by atoms with Gasteiger partial charge >= 0.3 is 0 Å². The first-order valence-electron chi connectivity index (χ1n) is 3.70. The number of hydrogen-bond donors (Lipinski definition) is 0. The minimum atomic E-state index is 0.899. The lowest BCUT2D eigenvalue weighted by Crippen LogP contribution is -1.80. The van der Waals surface area contributed by atoms with Crippen LogP contribution in [0.3, 0.4) is 0 Å². The van der Waals surface area contributed by atoms with E-state index in [1.54, 1.807) is 18.9 Å². The summed E-state index contributed by atoms with van der Waals surface area (Å²) in [5.74, 6) is 0.899. The first-order valence-corrected chi connectivity index (χ1v) is 4.99. The van der Waals surface area contributed by atoms with Gasteiger partial charge < -0.3 is 4.74 Å². The van der Waals surface area contributed by atoms with E-state index in [1.807, 2.05) is 30.5 Å². The summed E-state index contributed by atoms with van der Waals surface area (Å²) in [5.41, 5.74) is 1.20. The van der Waals surface area contributed by atoms with Crippen molar-refractivity contribution in [1.82, 2.24) is 0 Å². The van der Waals surface area contributed by atoms with Gasteiger partial charge in [-0.15, -0.1) is 11.8 Å². The summed E-state index contributed by atoms with van der Waals surface area (Å²) in [6, 6.07) is 7.98. The van der Waals surface area contributed by atoms with Crippen molar-refractivity contribution in [3.63, 3.8) is 0 Å². The van der Waals surface area contributed by atoms with Crippen LogP contribution in [0.1, 0.15) is 5.56 Å². The van der Waals surface area contributed by atoms with Crippen molar-refractivity contribution in [3.8, 4) is 5.75 Å². The van der Waals surface area contributed by atoms with Crippen molar-refractivity contribution in [3.05, 3.63) is 35.2 Å². The maximum absolute atomic E-state index is 5.04. The third-order valence-corrected chi connectivity index (χ3v) is 1.92. The minimum absolute atomic E-state index is 0.899. The topological polar surface area (TPSA) is 9.23 Å². The van der Waals surface area contributed by atoms with Crippen LogP contribution in [0.15, 0.2) is 29.7 Å². The average molecular weight is 180 g/mol. The summed E-state index contributed by atoms with van der Waals surface area (Å²) in [7, 11) is 1.67. The lowest BCUT2D eigenvalue weighted by molar-refractivity contribution is 0.415. The number of rotatable bonds is 3. The summed E-state index contributed by atoms with van der Waals surface area (Å²) in [4.78, 5) is 0. The Kier molecular flexibility index (Phi) is 3.74. The SMILES string of the molecule is COc1ccc(/C=C/SC)cc1. The first kappa shape index (κ1) is 9.20. The standard InChI is InChI=1S/C10H12OS/c1-11-10-5-3-9(4-6-10)7-8-12-2/h3-8H,1-2H3/b8-7+. The zero-order valence-electron chi connectivity index (χ0n) is 7.28. The van der Waals surface area contributed by atoms with E-state index in [2.05, 4.69) is 11.5 Å². The number of methoxy groups -OCH3 is 1. The van der Waals surface area contributed by atoms with Gasteiger partial charge in [-0.05, 0) is 35.4 Å². The largest absolute Gasteiger partial charge is 0.497 e. The van der Waals surface area contributed by atoms with Crippen LogP contribution in [0.4, 0.5) is 0 Å². The molecule has 0 amide bonds. The first-order chi connectivity index (χ1) is 5.86. The Morgan fingerprint density at radius 2 is 1.92 bits per heavy atom. The Labute approximate surface area is 77.4 Å². The fourth-order valence-electron chi connectivity index (χ4n) is 0.862. The normalized spacial score (nSPS) is 10.5. The molecule has 2 heteroatoms. The van der Waals surface area contributed by atoms with E-state index in [9.17, 15) is 0 Å². The summed E-state index contributed by atoms with van der Waals surface area (Å²) < 4.78 is 5.04. The number of hydrogen-bond acceptors (Lipinski definition) is 2. The maximum atomic E-state index is 5.04. The Bertz CT molecular complexity index is 251. The van der Waals surface area contributed by atoms with Crippen LogP contribution < -0.4 is 4.74 Å². The van der Waals surface area contributed by atoms with Gasteiger partial charge in [-0.25, -0.2) is 0 Å². The molecule has 0 aliphatic rings. The molecule has 0 aliphatic carbocycles. The van der Waals surface area contributed by atoms with Crippen LogP contribution in [0, 0.1) is 0 Å². The summed E-state index contributed by atoms with van der Waals surface area (Å²) in [6.07, 6.45) is 4.12. The molecule has 0 saturated carbocycles. The third kappa shape index (κ3) is 2.62. The second-order valence-electron chi connectivity index (χ2n) is 2.31. The number of ether oxygens (including phenoxy) is 1. The monoisotopic (exact) mass is 180 g/mol. The van der Waals surface area contributed by atoms with Crippen LogP contribution in [0.2, 0.25) is 0 Å². The van der Waals surface area contributed by atoms with Gasteiger partial charge in [0.15, 0.2) is 0 Å². The van der Waals surface area contributed by atoms with Crippen molar-refractivity contribution >= 4 is 17.8 Å². The molecule has 0 N–H and O–H groups in total. The fourth-order valence-corrected chi connectivity index (χ4v) is 1.15. The van der Waals surface area contributed by atoms with Gasteiger partial charge in [0.2, 0.25) is 0 Å². The van der Waals surface area contributed by atoms with E-state index in [4.69, 9.17) is 4.74 Å². The van der Waals surface area contributed by atoms with Gasteiger partial charge in [-0.2, -0.15) is 0 Å². The highest BCUT2D eigenvalue weighted by Gasteiger charge is 1.88. The van der Waals surface area contributed by atoms with E-state index in [0.29, 0.717) is 0 Å². The van der Waals surface area contributed by atoms with E-state index in [0.717, 1.165) is 5.75 Å². The molecule has 0 aromatic heterocycles. The second kappa shape index (κ2) is 4.88. The third-order valence-electron chi connectivity index (χ3n) is 1.51. The van der Waals surface area contributed by atoms with E-state index in [1.165, 1.54) is 5.56 Å². The highest BCUT2D eigenvalue weighted by molar-refractivity contribution is 8.01. The van der Waals surface area contributed by atoms with Crippen molar-refractivity contribution in [2.75, 3.05) is 13.4 Å². The van der Waals surface area contributed by atoms with Crippen molar-refractivity contribution < 1.29 is 4.74 Å². The molecule has 12 heavy (non-hydrogen) atoms. The van der Waals surface area contributed by atoms with Crippen LogP contribution in [0.5, 0.6) is 5.75 Å². The molecule has 1 rings (SSSR count). The molecular weight excluding hydrogens is 168 g/mol. The Morgan fingerprint density at radius 1 is 1.25 bits per heavy atom. The van der Waals surface area contributed by atoms with Crippen molar-refractivity contribution in [2.45, 2.75) is 0 Å². The van der Waals surface area contributed by atoms with Crippen LogP contribution >= 0.6 is 11.8 Å². The highest BCUT2D eigenvalue weighted by Crippen LogP contribution is 2.13. The molecule has 1 nitrogen and oxygen atoms in total. The van der Waals surface area contributed by atoms with E-state index in [-0.39, 0.29) is 0 Å². The Balaban J connectivity index is 2.71. The molecule has 1 aromatic carbocycles. The van der Waals surface area contributed by atoms with Crippen LogP contribution in [0.25, 0.3) is 6.08 Å². The highest BCUT2D eigenvalue weighted by atomic mass is 32.2. The predicted molar refractivity (Wildman–Crippen MR) is 55.5 cm³/mol. The molecular formula is C10H12OS. The predicted octanol–water partition coefficient (Wildman–Crippen LogP) is 3.03. The Morgan fingerprint density at radius 3 is 2.42 bits per heavy atom. The maximum Gasteiger partial charge on any atom is 0.118 e. The van der Waals surface area contributed by atoms with Gasteiger partial charge in [0, 0.05) is 0 Å². The van der Waals surface area contributed by atoms with Crippen LogP contribution in [-0.2, 0) is 0 Å². The molecule has 0 atom stereocenters. The number of benzene rings is 1. The van der Waals surface area contributed by atoms with Gasteiger partial charge in [-0.3, -0.25) is 0 Å². The van der Waals surface area contributed by atoms with Gasteiger partial charge in [0.1, 0.15) is 5.75 Å². The number of thioether (sulfide) groups is 1. The molecule has 0 spiro atoms. The molecule has 0 radical (unpaired) electrons. The lowest BCUT2D eigenvalue weighted by Gasteiger charge is -1.98. The molecule has 0 heterocycles. The molecule has 0 saturated heterocycles. The Hall–Kier alpha value is -0.890. The van der Waals surface area contributed by atoms with Gasteiger partial charge in [-0.1, -0.05) is 12.1 Å². The van der Waals surface area contributed by atoms with Crippen LogP contribution in [-0.4, -0.2) is 13.4 Å². The van der Waals surface area contributed by atoms with E-state index >= 15 is 0 Å². The second-order valence-corrected chi connectivity index (χ2v) is 3.06. The van der Waals surface area contributed by atoms with Crippen molar-refractivity contribution in [1.29, 1.82) is 0 Å². The molecule has 0 bridgehead atoms. The zero-order valence-corrected chi connectivity index (χ0v) is 8.10. The van der Waals surface area contributed by atoms with Crippen molar-refractivity contribution in [2.24, 2.45) is 0 Å². The molecule has 0 unspecified atom stereocenters. The molecule has 1 aromatic rings. The molecule has 0 fully saturated rings. The summed E-state index contributed by atoms with van der Waals surface area (Å²) in [6.45, 7) is 0. The quantitative estimate of drug-likeness (QED) is 0.707. The molecule has 64 valence electrons. The molecule has 0 aliphatic heterocycles. The summed E-state index contributed by atoms with van der Waals surface area (Å²) >= 11 is 1.69. The van der Waals surface area contributed by atoms with E-state index < -0.39 is 0 Å². The summed E-state index contributed by atoms with van der Waals surface area (Å²) in [5, 5.41) is 2.06. The minimum Gasteiger partial charge on any atom is -0.497 e. The zero-order chi connectivity index (χ0) is 8.81. The average Bonchev–Trinajstić information content (AvgIpc) is 2.15. The van der Waals surface area contributed by atoms with Gasteiger partial charge in [0.05, 0.1) is 7.11 Å². The smallest absolute Gasteiger partial charge is 0.118 e. The fraction of sp³-hybridized carbons (Fsp3) is 0.200.